The van der Waals surface area contributed by atoms with E-state index in [9.17, 15) is 9.59 Å². The van der Waals surface area contributed by atoms with Crippen LogP contribution in [0, 0.1) is 0 Å². The minimum absolute atomic E-state index is 0.105. The number of hydrogen-bond donors (Lipinski definition) is 2. The van der Waals surface area contributed by atoms with Gasteiger partial charge in [0, 0.05) is 6.20 Å². The predicted molar refractivity (Wildman–Crippen MR) is 71.8 cm³/mol. The number of aromatic nitrogens is 2. The Morgan fingerprint density at radius 2 is 2.14 bits per heavy atom. The number of aromatic carboxylic acids is 1. The number of amides is 1. The normalized spacial score (nSPS) is 11.4. The maximum atomic E-state index is 11.5. The van der Waals surface area contributed by atoms with Gasteiger partial charge in [-0.15, -0.1) is 0 Å². The van der Waals surface area contributed by atoms with Crippen molar-refractivity contribution in [1.29, 1.82) is 0 Å². The molecule has 0 atom stereocenters. The van der Waals surface area contributed by atoms with E-state index in [-0.39, 0.29) is 18.1 Å². The molecule has 2 rings (SSSR count). The largest absolute Gasteiger partial charge is 0.475 e. The van der Waals surface area contributed by atoms with Crippen LogP contribution in [0.15, 0.2) is 16.7 Å². The second-order valence-corrected chi connectivity index (χ2v) is 5.33. The van der Waals surface area contributed by atoms with Crippen LogP contribution in [-0.2, 0) is 11.3 Å². The van der Waals surface area contributed by atoms with Gasteiger partial charge in [0.15, 0.2) is 0 Å². The summed E-state index contributed by atoms with van der Waals surface area (Å²) >= 11 is 0. The van der Waals surface area contributed by atoms with E-state index in [4.69, 9.17) is 14.3 Å². The Kier molecular flexibility index (Phi) is 3.79. The SMILES string of the molecule is CC(C)(C)OC(=O)NCc1cc2cnc(C(=O)O)nc2o1. The fourth-order valence-corrected chi connectivity index (χ4v) is 1.55. The third-order valence-electron chi connectivity index (χ3n) is 2.32. The maximum absolute atomic E-state index is 11.5. The van der Waals surface area contributed by atoms with Crippen molar-refractivity contribution in [1.82, 2.24) is 15.3 Å². The van der Waals surface area contributed by atoms with Crippen LogP contribution >= 0.6 is 0 Å². The van der Waals surface area contributed by atoms with E-state index in [0.717, 1.165) is 0 Å². The molecule has 2 aromatic heterocycles. The lowest BCUT2D eigenvalue weighted by molar-refractivity contribution is 0.0519. The molecule has 0 radical (unpaired) electrons. The van der Waals surface area contributed by atoms with Crippen LogP contribution in [0.1, 0.15) is 37.2 Å². The second kappa shape index (κ2) is 5.39. The summed E-state index contributed by atoms with van der Waals surface area (Å²) < 4.78 is 10.4. The van der Waals surface area contributed by atoms with E-state index < -0.39 is 17.7 Å². The minimum Gasteiger partial charge on any atom is -0.475 e. The molecule has 0 saturated heterocycles. The highest BCUT2D eigenvalue weighted by Crippen LogP contribution is 2.16. The first-order chi connectivity index (χ1) is 9.74. The van der Waals surface area contributed by atoms with Gasteiger partial charge < -0.3 is 19.6 Å². The lowest BCUT2D eigenvalue weighted by Crippen LogP contribution is -2.32. The van der Waals surface area contributed by atoms with Gasteiger partial charge in [0.2, 0.25) is 11.5 Å². The van der Waals surface area contributed by atoms with Gasteiger partial charge in [-0.3, -0.25) is 0 Å². The number of furan rings is 1. The molecule has 2 aromatic rings. The molecule has 8 nitrogen and oxygen atoms in total. The first-order valence-electron chi connectivity index (χ1n) is 6.20. The number of carbonyl (C=O) groups is 2. The fraction of sp³-hybridized carbons (Fsp3) is 0.385. The predicted octanol–water partition coefficient (Wildman–Crippen LogP) is 1.95. The molecule has 0 aliphatic carbocycles. The van der Waals surface area contributed by atoms with Crippen LogP contribution in [0.2, 0.25) is 0 Å². The van der Waals surface area contributed by atoms with Crippen LogP contribution in [0.5, 0.6) is 0 Å². The number of nitrogens with one attached hydrogen (secondary N) is 1. The van der Waals surface area contributed by atoms with Crippen LogP contribution < -0.4 is 5.32 Å². The van der Waals surface area contributed by atoms with Gasteiger partial charge in [0.25, 0.3) is 0 Å². The number of hydrogen-bond acceptors (Lipinski definition) is 6. The quantitative estimate of drug-likeness (QED) is 0.888. The first kappa shape index (κ1) is 14.8. The van der Waals surface area contributed by atoms with Crippen molar-refractivity contribution >= 4 is 23.2 Å². The van der Waals surface area contributed by atoms with Crippen molar-refractivity contribution in [3.8, 4) is 0 Å². The van der Waals surface area contributed by atoms with Gasteiger partial charge in [-0.05, 0) is 26.8 Å². The Hall–Kier alpha value is -2.64. The van der Waals surface area contributed by atoms with Crippen molar-refractivity contribution in [2.45, 2.75) is 32.9 Å². The summed E-state index contributed by atoms with van der Waals surface area (Å²) in [4.78, 5) is 29.7. The van der Waals surface area contributed by atoms with Gasteiger partial charge >= 0.3 is 12.1 Å². The Morgan fingerprint density at radius 3 is 2.76 bits per heavy atom. The molecule has 8 heteroatoms. The number of rotatable bonds is 3. The lowest BCUT2D eigenvalue weighted by Gasteiger charge is -2.19. The van der Waals surface area contributed by atoms with Gasteiger partial charge in [-0.2, -0.15) is 4.98 Å². The standard InChI is InChI=1S/C13H15N3O5/c1-13(2,3)21-12(19)15-6-8-4-7-5-14-9(11(17)18)16-10(7)20-8/h4-5H,6H2,1-3H3,(H,15,19)(H,17,18). The molecule has 112 valence electrons. The summed E-state index contributed by atoms with van der Waals surface area (Å²) in [5.41, 5.74) is -0.428. The number of carbonyl (C=O) groups excluding carboxylic acids is 1. The van der Waals surface area contributed by atoms with Crippen molar-refractivity contribution < 1.29 is 23.8 Å². The Morgan fingerprint density at radius 1 is 1.43 bits per heavy atom. The molecule has 0 unspecified atom stereocenters. The fourth-order valence-electron chi connectivity index (χ4n) is 1.55. The molecule has 0 bridgehead atoms. The maximum Gasteiger partial charge on any atom is 0.408 e. The highest BCUT2D eigenvalue weighted by Gasteiger charge is 2.17. The molecule has 0 fully saturated rings. The zero-order valence-corrected chi connectivity index (χ0v) is 11.8. The second-order valence-electron chi connectivity index (χ2n) is 5.33. The van der Waals surface area contributed by atoms with E-state index >= 15 is 0 Å². The highest BCUT2D eigenvalue weighted by atomic mass is 16.6. The van der Waals surface area contributed by atoms with Gasteiger partial charge in [0.1, 0.15) is 11.4 Å². The molecule has 0 spiro atoms. The van der Waals surface area contributed by atoms with Gasteiger partial charge in [-0.25, -0.2) is 14.6 Å². The average Bonchev–Trinajstić information content (AvgIpc) is 2.75. The van der Waals surface area contributed by atoms with Gasteiger partial charge in [0.05, 0.1) is 11.9 Å². The molecule has 0 aromatic carbocycles. The molecule has 0 saturated carbocycles. The monoisotopic (exact) mass is 293 g/mol. The van der Waals surface area contributed by atoms with E-state index in [1.165, 1.54) is 6.20 Å². The molecule has 2 N–H and O–H groups in total. The summed E-state index contributed by atoms with van der Waals surface area (Å²) in [6.07, 6.45) is 0.784. The van der Waals surface area contributed by atoms with Crippen LogP contribution in [0.4, 0.5) is 4.79 Å². The van der Waals surface area contributed by atoms with Crippen LogP contribution in [0.3, 0.4) is 0 Å². The molecule has 21 heavy (non-hydrogen) atoms. The number of alkyl carbamates (subject to hydrolysis) is 1. The first-order valence-corrected chi connectivity index (χ1v) is 6.20. The van der Waals surface area contributed by atoms with Gasteiger partial charge in [-0.1, -0.05) is 0 Å². The third kappa shape index (κ3) is 3.91. The lowest BCUT2D eigenvalue weighted by atomic mass is 10.2. The number of ether oxygens (including phenoxy) is 1. The van der Waals surface area contributed by atoms with E-state index in [1.54, 1.807) is 26.8 Å². The summed E-state index contributed by atoms with van der Waals surface area (Å²) in [6, 6.07) is 1.62. The zero-order chi connectivity index (χ0) is 15.6. The Labute approximate surface area is 120 Å². The third-order valence-corrected chi connectivity index (χ3v) is 2.32. The summed E-state index contributed by atoms with van der Waals surface area (Å²) in [5, 5.41) is 11.9. The summed E-state index contributed by atoms with van der Waals surface area (Å²) in [5.74, 6) is -1.15. The molecule has 2 heterocycles. The molecule has 1 amide bonds. The van der Waals surface area contributed by atoms with E-state index in [0.29, 0.717) is 11.1 Å². The van der Waals surface area contributed by atoms with E-state index in [2.05, 4.69) is 15.3 Å². The average molecular weight is 293 g/mol. The smallest absolute Gasteiger partial charge is 0.408 e. The Bertz CT molecular complexity index is 687. The number of carboxylic acid groups (broad SMARTS) is 1. The molecular weight excluding hydrogens is 278 g/mol. The van der Waals surface area contributed by atoms with Crippen molar-refractivity contribution in [2.24, 2.45) is 0 Å². The molecular formula is C13H15N3O5. The van der Waals surface area contributed by atoms with E-state index in [1.807, 2.05) is 0 Å². The number of nitrogens with zero attached hydrogens (tertiary/aromatic N) is 2. The molecule has 0 aliphatic heterocycles. The number of carboxylic acids is 1. The van der Waals surface area contributed by atoms with Crippen molar-refractivity contribution in [2.75, 3.05) is 0 Å². The van der Waals surface area contributed by atoms with Crippen molar-refractivity contribution in [3.05, 3.63) is 23.8 Å². The highest BCUT2D eigenvalue weighted by molar-refractivity contribution is 5.85. The zero-order valence-electron chi connectivity index (χ0n) is 11.8. The van der Waals surface area contributed by atoms with Crippen molar-refractivity contribution in [3.63, 3.8) is 0 Å². The van der Waals surface area contributed by atoms with Crippen LogP contribution in [-0.4, -0.2) is 32.7 Å². The number of fused-ring (bicyclic) bond motifs is 1. The topological polar surface area (TPSA) is 115 Å². The molecule has 0 aliphatic rings. The summed E-state index contributed by atoms with van der Waals surface area (Å²) in [7, 11) is 0. The van der Waals surface area contributed by atoms with Crippen LogP contribution in [0.25, 0.3) is 11.1 Å². The summed E-state index contributed by atoms with van der Waals surface area (Å²) in [6.45, 7) is 5.39. The minimum atomic E-state index is -1.23. The Balaban J connectivity index is 2.06.